The number of ether oxygens (including phenoxy) is 1. The van der Waals surface area contributed by atoms with Gasteiger partial charge < -0.3 is 10.1 Å². The number of carbonyl (C=O) groups excluding carboxylic acids is 1. The first kappa shape index (κ1) is 12.8. The van der Waals surface area contributed by atoms with E-state index in [-0.39, 0.29) is 12.0 Å². The van der Waals surface area contributed by atoms with Gasteiger partial charge in [-0.15, -0.1) is 0 Å². The summed E-state index contributed by atoms with van der Waals surface area (Å²) in [5.41, 5.74) is 0. The normalized spacial score (nSPS) is 30.4. The van der Waals surface area contributed by atoms with Gasteiger partial charge in [-0.1, -0.05) is 6.92 Å². The summed E-state index contributed by atoms with van der Waals surface area (Å²) < 4.78 is 5.48. The average molecular weight is 240 g/mol. The summed E-state index contributed by atoms with van der Waals surface area (Å²) >= 11 is 0. The van der Waals surface area contributed by atoms with Crippen LogP contribution in [-0.2, 0) is 9.53 Å². The van der Waals surface area contributed by atoms with E-state index in [0.717, 1.165) is 38.5 Å². The maximum absolute atomic E-state index is 11.8. The Morgan fingerprint density at radius 2 is 2.29 bits per heavy atom. The molecule has 1 amide bonds. The lowest BCUT2D eigenvalue weighted by atomic mass is 10.0. The molecule has 2 heterocycles. The second-order valence-electron chi connectivity index (χ2n) is 5.42. The first-order chi connectivity index (χ1) is 8.24. The van der Waals surface area contributed by atoms with Crippen LogP contribution in [0.15, 0.2) is 0 Å². The summed E-state index contributed by atoms with van der Waals surface area (Å²) in [5, 5.41) is 2.98. The van der Waals surface area contributed by atoms with Crippen LogP contribution in [0.5, 0.6) is 0 Å². The van der Waals surface area contributed by atoms with Crippen molar-refractivity contribution in [3.8, 4) is 0 Å². The van der Waals surface area contributed by atoms with Crippen LogP contribution < -0.4 is 5.32 Å². The van der Waals surface area contributed by atoms with Crippen LogP contribution >= 0.6 is 0 Å². The third-order valence-corrected chi connectivity index (χ3v) is 3.66. The zero-order chi connectivity index (χ0) is 12.1. The Balaban J connectivity index is 1.62. The van der Waals surface area contributed by atoms with Crippen LogP contribution in [0, 0.1) is 5.92 Å². The Labute approximate surface area is 104 Å². The second kappa shape index (κ2) is 6.36. The minimum absolute atomic E-state index is 0.148. The zero-order valence-electron chi connectivity index (χ0n) is 10.8. The molecule has 0 aromatic heterocycles. The van der Waals surface area contributed by atoms with E-state index in [2.05, 4.69) is 17.1 Å². The van der Waals surface area contributed by atoms with Gasteiger partial charge in [-0.3, -0.25) is 9.69 Å². The number of rotatable bonds is 4. The van der Waals surface area contributed by atoms with Gasteiger partial charge in [0.05, 0.1) is 12.6 Å². The van der Waals surface area contributed by atoms with Crippen molar-refractivity contribution in [2.24, 2.45) is 5.92 Å². The van der Waals surface area contributed by atoms with E-state index in [0.29, 0.717) is 13.1 Å². The fourth-order valence-corrected chi connectivity index (χ4v) is 2.72. The molecule has 17 heavy (non-hydrogen) atoms. The van der Waals surface area contributed by atoms with Crippen molar-refractivity contribution in [1.82, 2.24) is 10.2 Å². The molecule has 0 saturated carbocycles. The molecule has 2 saturated heterocycles. The van der Waals surface area contributed by atoms with Gasteiger partial charge in [0, 0.05) is 19.7 Å². The maximum Gasteiger partial charge on any atom is 0.234 e. The molecule has 0 aromatic carbocycles. The second-order valence-corrected chi connectivity index (χ2v) is 5.42. The van der Waals surface area contributed by atoms with E-state index < -0.39 is 0 Å². The minimum atomic E-state index is 0.148. The number of hydrogen-bond acceptors (Lipinski definition) is 3. The van der Waals surface area contributed by atoms with Crippen LogP contribution in [0.2, 0.25) is 0 Å². The quantitative estimate of drug-likeness (QED) is 0.797. The fourth-order valence-electron chi connectivity index (χ4n) is 2.72. The fraction of sp³-hybridized carbons (Fsp3) is 0.923. The van der Waals surface area contributed by atoms with E-state index in [1.54, 1.807) is 0 Å². The summed E-state index contributed by atoms with van der Waals surface area (Å²) in [6.07, 6.45) is 4.98. The van der Waals surface area contributed by atoms with E-state index in [1.165, 1.54) is 12.8 Å². The predicted molar refractivity (Wildman–Crippen MR) is 66.8 cm³/mol. The highest BCUT2D eigenvalue weighted by atomic mass is 16.5. The monoisotopic (exact) mass is 240 g/mol. The molecule has 0 unspecified atom stereocenters. The molecule has 0 aromatic rings. The number of piperidine rings is 1. The van der Waals surface area contributed by atoms with Crippen molar-refractivity contribution in [2.75, 3.05) is 32.8 Å². The number of carbonyl (C=O) groups is 1. The Bertz CT molecular complexity index is 252. The first-order valence-corrected chi connectivity index (χ1v) is 6.84. The summed E-state index contributed by atoms with van der Waals surface area (Å²) in [4.78, 5) is 14.0. The molecule has 2 aliphatic heterocycles. The van der Waals surface area contributed by atoms with Crippen molar-refractivity contribution < 1.29 is 9.53 Å². The van der Waals surface area contributed by atoms with Crippen molar-refractivity contribution in [3.05, 3.63) is 0 Å². The Morgan fingerprint density at radius 3 is 3.00 bits per heavy atom. The van der Waals surface area contributed by atoms with Crippen LogP contribution in [0.3, 0.4) is 0 Å². The lowest BCUT2D eigenvalue weighted by Crippen LogP contribution is -2.43. The molecule has 2 rings (SSSR count). The van der Waals surface area contributed by atoms with Crippen LogP contribution in [0.1, 0.15) is 32.6 Å². The van der Waals surface area contributed by atoms with Gasteiger partial charge in [-0.25, -0.2) is 0 Å². The van der Waals surface area contributed by atoms with Gasteiger partial charge in [-0.2, -0.15) is 0 Å². The molecule has 98 valence electrons. The third kappa shape index (κ3) is 4.28. The standard InChI is InChI=1S/C13H24N2O2/c1-11-4-2-6-15(9-11)10-13(16)14-8-12-5-3-7-17-12/h11-12H,2-10H2,1H3,(H,14,16)/t11-,12+/m1/s1. The number of likely N-dealkylation sites (tertiary alicyclic amines) is 1. The molecule has 2 atom stereocenters. The summed E-state index contributed by atoms with van der Waals surface area (Å²) in [7, 11) is 0. The molecular weight excluding hydrogens is 216 g/mol. The van der Waals surface area contributed by atoms with Crippen molar-refractivity contribution in [2.45, 2.75) is 38.7 Å². The molecule has 0 spiro atoms. The van der Waals surface area contributed by atoms with Crippen molar-refractivity contribution in [1.29, 1.82) is 0 Å². The van der Waals surface area contributed by atoms with Gasteiger partial charge >= 0.3 is 0 Å². The summed E-state index contributed by atoms with van der Waals surface area (Å²) in [6.45, 7) is 6.48. The van der Waals surface area contributed by atoms with Crippen LogP contribution in [0.25, 0.3) is 0 Å². The largest absolute Gasteiger partial charge is 0.376 e. The number of nitrogens with zero attached hydrogens (tertiary/aromatic N) is 1. The molecule has 2 aliphatic rings. The minimum Gasteiger partial charge on any atom is -0.376 e. The topological polar surface area (TPSA) is 41.6 Å². The highest BCUT2D eigenvalue weighted by molar-refractivity contribution is 5.78. The molecule has 4 heteroatoms. The highest BCUT2D eigenvalue weighted by Crippen LogP contribution is 2.15. The average Bonchev–Trinajstić information content (AvgIpc) is 2.79. The third-order valence-electron chi connectivity index (χ3n) is 3.66. The molecule has 0 bridgehead atoms. The molecule has 1 N–H and O–H groups in total. The van der Waals surface area contributed by atoms with Gasteiger partial charge in [0.1, 0.15) is 0 Å². The first-order valence-electron chi connectivity index (χ1n) is 6.84. The van der Waals surface area contributed by atoms with Crippen LogP contribution in [0.4, 0.5) is 0 Å². The van der Waals surface area contributed by atoms with Gasteiger partial charge in [0.2, 0.25) is 5.91 Å². The Morgan fingerprint density at radius 1 is 1.41 bits per heavy atom. The lowest BCUT2D eigenvalue weighted by molar-refractivity contribution is -0.123. The van der Waals surface area contributed by atoms with E-state index in [9.17, 15) is 4.79 Å². The van der Waals surface area contributed by atoms with Crippen LogP contribution in [-0.4, -0.2) is 49.7 Å². The number of nitrogens with one attached hydrogen (secondary N) is 1. The Kier molecular flexibility index (Phi) is 4.80. The van der Waals surface area contributed by atoms with Gasteiger partial charge in [0.15, 0.2) is 0 Å². The molecule has 0 radical (unpaired) electrons. The summed E-state index contributed by atoms with van der Waals surface area (Å²) in [6, 6.07) is 0. The Hall–Kier alpha value is -0.610. The van der Waals surface area contributed by atoms with Gasteiger partial charge in [0.25, 0.3) is 0 Å². The molecule has 4 nitrogen and oxygen atoms in total. The molecule has 2 fully saturated rings. The number of hydrogen-bond donors (Lipinski definition) is 1. The molecule has 0 aliphatic carbocycles. The summed E-state index contributed by atoms with van der Waals surface area (Å²) in [5.74, 6) is 0.879. The maximum atomic E-state index is 11.8. The van der Waals surface area contributed by atoms with Gasteiger partial charge in [-0.05, 0) is 38.1 Å². The van der Waals surface area contributed by atoms with E-state index >= 15 is 0 Å². The highest BCUT2D eigenvalue weighted by Gasteiger charge is 2.20. The lowest BCUT2D eigenvalue weighted by Gasteiger charge is -2.30. The smallest absolute Gasteiger partial charge is 0.234 e. The zero-order valence-corrected chi connectivity index (χ0v) is 10.8. The van der Waals surface area contributed by atoms with E-state index in [1.807, 2.05) is 0 Å². The van der Waals surface area contributed by atoms with Crippen molar-refractivity contribution >= 4 is 5.91 Å². The SMILES string of the molecule is C[C@@H]1CCCN(CC(=O)NC[C@@H]2CCCO2)C1. The van der Waals surface area contributed by atoms with Crippen molar-refractivity contribution in [3.63, 3.8) is 0 Å². The number of amides is 1. The predicted octanol–water partition coefficient (Wildman–Crippen LogP) is 1.01. The van der Waals surface area contributed by atoms with E-state index in [4.69, 9.17) is 4.74 Å². The molecular formula is C13H24N2O2.